The van der Waals surface area contributed by atoms with E-state index in [0.29, 0.717) is 13.0 Å². The molecule has 2 aromatic carbocycles. The van der Waals surface area contributed by atoms with Gasteiger partial charge in [-0.1, -0.05) is 120 Å². The number of hydrogen-bond donors (Lipinski definition) is 1. The van der Waals surface area contributed by atoms with Gasteiger partial charge < -0.3 is 9.53 Å². The molecule has 0 aliphatic rings. The Bertz CT molecular complexity index is 639. The van der Waals surface area contributed by atoms with Crippen molar-refractivity contribution in [3.05, 3.63) is 60.7 Å². The van der Waals surface area contributed by atoms with Crippen LogP contribution in [-0.4, -0.2) is 26.1 Å². The minimum Gasteiger partial charge on any atom is -0.407 e. The lowest BCUT2D eigenvalue weighted by Crippen LogP contribution is -2.66. The van der Waals surface area contributed by atoms with Crippen molar-refractivity contribution >= 4 is 18.7 Å². The molecule has 0 heterocycles. The van der Waals surface area contributed by atoms with Crippen LogP contribution in [0, 0.1) is 0 Å². The summed E-state index contributed by atoms with van der Waals surface area (Å²) in [6.07, 6.45) is 7.49. The number of rotatable bonds is 12. The average molecular weight is 413 g/mol. The monoisotopic (exact) mass is 412 g/mol. The lowest BCUT2D eigenvalue weighted by molar-refractivity contribution is 0.125. The molecule has 0 amide bonds. The van der Waals surface area contributed by atoms with E-state index in [4.69, 9.17) is 4.43 Å². The first-order chi connectivity index (χ1) is 13.9. The quantitative estimate of drug-likeness (QED) is 0.359. The average Bonchev–Trinajstić information content (AvgIpc) is 2.71. The van der Waals surface area contributed by atoms with Crippen LogP contribution in [-0.2, 0) is 4.43 Å². The Morgan fingerprint density at radius 2 is 1.31 bits per heavy atom. The van der Waals surface area contributed by atoms with Crippen molar-refractivity contribution in [2.75, 3.05) is 6.61 Å². The third kappa shape index (κ3) is 6.53. The topological polar surface area (TPSA) is 29.5 Å². The number of hydrogen-bond acceptors (Lipinski definition) is 2. The lowest BCUT2D eigenvalue weighted by Gasteiger charge is -2.43. The van der Waals surface area contributed by atoms with Gasteiger partial charge in [-0.2, -0.15) is 0 Å². The van der Waals surface area contributed by atoms with Crippen molar-refractivity contribution in [2.24, 2.45) is 0 Å². The summed E-state index contributed by atoms with van der Waals surface area (Å²) >= 11 is 0. The highest BCUT2D eigenvalue weighted by Crippen LogP contribution is 2.36. The first-order valence-corrected chi connectivity index (χ1v) is 13.3. The predicted octanol–water partition coefficient (Wildman–Crippen LogP) is 5.67. The molecule has 0 aliphatic heterocycles. The highest BCUT2D eigenvalue weighted by molar-refractivity contribution is 6.99. The van der Waals surface area contributed by atoms with Crippen molar-refractivity contribution in [2.45, 2.75) is 83.8 Å². The van der Waals surface area contributed by atoms with E-state index in [1.165, 1.54) is 36.1 Å². The molecule has 0 saturated heterocycles. The molecule has 160 valence electrons. The summed E-state index contributed by atoms with van der Waals surface area (Å²) in [6.45, 7) is 9.72. The molecule has 0 bridgehead atoms. The van der Waals surface area contributed by atoms with E-state index in [2.05, 4.69) is 88.4 Å². The smallest absolute Gasteiger partial charge is 0.261 e. The largest absolute Gasteiger partial charge is 0.407 e. The maximum Gasteiger partial charge on any atom is 0.261 e. The Morgan fingerprint density at radius 3 is 1.79 bits per heavy atom. The summed E-state index contributed by atoms with van der Waals surface area (Å²) < 4.78 is 6.86. The molecule has 3 heteroatoms. The van der Waals surface area contributed by atoms with Crippen LogP contribution in [0.25, 0.3) is 0 Å². The van der Waals surface area contributed by atoms with Crippen LogP contribution in [0.5, 0.6) is 0 Å². The van der Waals surface area contributed by atoms with E-state index in [-0.39, 0.29) is 11.1 Å². The maximum atomic E-state index is 10.5. The normalized spacial score (nSPS) is 13.4. The molecule has 0 spiro atoms. The molecule has 2 rings (SSSR count). The molecule has 0 saturated carbocycles. The van der Waals surface area contributed by atoms with Crippen LogP contribution in [0.15, 0.2) is 60.7 Å². The second-order valence-electron chi connectivity index (χ2n) is 9.16. The van der Waals surface area contributed by atoms with Crippen molar-refractivity contribution in [1.29, 1.82) is 0 Å². The van der Waals surface area contributed by atoms with Crippen LogP contribution >= 0.6 is 0 Å². The summed E-state index contributed by atoms with van der Waals surface area (Å²) in [5.41, 5.74) is 0. The molecule has 1 N–H and O–H groups in total. The van der Waals surface area contributed by atoms with Gasteiger partial charge in [0.05, 0.1) is 6.10 Å². The van der Waals surface area contributed by atoms with Crippen molar-refractivity contribution < 1.29 is 9.53 Å². The molecule has 2 nitrogen and oxygen atoms in total. The van der Waals surface area contributed by atoms with Gasteiger partial charge in [0.25, 0.3) is 8.32 Å². The Balaban J connectivity index is 2.13. The van der Waals surface area contributed by atoms with Gasteiger partial charge in [0.1, 0.15) is 0 Å². The Morgan fingerprint density at radius 1 is 0.793 bits per heavy atom. The molecule has 0 fully saturated rings. The Hall–Kier alpha value is -1.42. The van der Waals surface area contributed by atoms with Crippen molar-refractivity contribution in [1.82, 2.24) is 0 Å². The fraction of sp³-hybridized carbons (Fsp3) is 0.538. The zero-order valence-electron chi connectivity index (χ0n) is 18.9. The van der Waals surface area contributed by atoms with Crippen LogP contribution in [0.3, 0.4) is 0 Å². The third-order valence-electron chi connectivity index (χ3n) is 5.83. The summed E-state index contributed by atoms with van der Waals surface area (Å²) in [5, 5.41) is 13.1. The van der Waals surface area contributed by atoms with E-state index in [9.17, 15) is 5.11 Å². The van der Waals surface area contributed by atoms with E-state index < -0.39 is 8.32 Å². The summed E-state index contributed by atoms with van der Waals surface area (Å²) in [4.78, 5) is 0. The number of benzene rings is 2. The standard InChI is InChI=1S/C26H40O2Si/c1-5-6-7-8-11-16-23(27)21-22-28-29(26(2,3)4,24-17-12-9-13-18-24)25-19-14-10-15-20-25/h9-10,12-15,17-20,23,27H,5-8,11,16,21-22H2,1-4H3/t23-/m1/s1. The van der Waals surface area contributed by atoms with Crippen LogP contribution in [0.1, 0.15) is 72.6 Å². The Kier molecular flexibility index (Phi) is 9.61. The molecule has 0 unspecified atom stereocenters. The molecule has 29 heavy (non-hydrogen) atoms. The van der Waals surface area contributed by atoms with Gasteiger partial charge in [-0.15, -0.1) is 0 Å². The summed E-state index contributed by atoms with van der Waals surface area (Å²) in [6, 6.07) is 21.4. The van der Waals surface area contributed by atoms with Crippen LogP contribution in [0.2, 0.25) is 5.04 Å². The Labute approximate surface area is 179 Å². The van der Waals surface area contributed by atoms with Gasteiger partial charge in [-0.25, -0.2) is 0 Å². The minimum absolute atomic E-state index is 0.0131. The predicted molar refractivity (Wildman–Crippen MR) is 128 cm³/mol. The molecular weight excluding hydrogens is 372 g/mol. The van der Waals surface area contributed by atoms with E-state index in [0.717, 1.165) is 12.8 Å². The summed E-state index contributed by atoms with van der Waals surface area (Å²) in [5.74, 6) is 0. The number of aliphatic hydroxyl groups is 1. The number of unbranched alkanes of at least 4 members (excludes halogenated alkanes) is 4. The number of aliphatic hydroxyl groups excluding tert-OH is 1. The third-order valence-corrected chi connectivity index (χ3v) is 10.9. The molecule has 0 aliphatic carbocycles. The van der Waals surface area contributed by atoms with E-state index in [1.54, 1.807) is 0 Å². The molecular formula is C26H40O2Si. The summed E-state index contributed by atoms with van der Waals surface area (Å²) in [7, 11) is -2.48. The molecule has 0 aromatic heterocycles. The molecule has 0 radical (unpaired) electrons. The van der Waals surface area contributed by atoms with Crippen molar-refractivity contribution in [3.8, 4) is 0 Å². The highest BCUT2D eigenvalue weighted by Gasteiger charge is 2.49. The second kappa shape index (κ2) is 11.7. The maximum absolute atomic E-state index is 10.5. The van der Waals surface area contributed by atoms with E-state index >= 15 is 0 Å². The highest BCUT2D eigenvalue weighted by atomic mass is 28.4. The fourth-order valence-corrected chi connectivity index (χ4v) is 8.82. The van der Waals surface area contributed by atoms with Gasteiger partial charge >= 0.3 is 0 Å². The van der Waals surface area contributed by atoms with Gasteiger partial charge in [0, 0.05) is 6.61 Å². The van der Waals surface area contributed by atoms with E-state index in [1.807, 2.05) is 0 Å². The first kappa shape index (κ1) is 23.9. The molecule has 1 atom stereocenters. The molecule has 2 aromatic rings. The van der Waals surface area contributed by atoms with Gasteiger partial charge in [0.15, 0.2) is 0 Å². The zero-order chi connectivity index (χ0) is 21.2. The SMILES string of the molecule is CCCCCCC[C@@H](O)CCO[Si](c1ccccc1)(c1ccccc1)C(C)(C)C. The van der Waals surface area contributed by atoms with Gasteiger partial charge in [-0.3, -0.25) is 0 Å². The van der Waals surface area contributed by atoms with Gasteiger partial charge in [0.2, 0.25) is 0 Å². The van der Waals surface area contributed by atoms with Crippen molar-refractivity contribution in [3.63, 3.8) is 0 Å². The zero-order valence-corrected chi connectivity index (χ0v) is 19.9. The second-order valence-corrected chi connectivity index (χ2v) is 13.5. The van der Waals surface area contributed by atoms with Crippen LogP contribution < -0.4 is 10.4 Å². The lowest BCUT2D eigenvalue weighted by atomic mass is 10.1. The first-order valence-electron chi connectivity index (χ1n) is 11.3. The van der Waals surface area contributed by atoms with Crippen LogP contribution in [0.4, 0.5) is 0 Å². The van der Waals surface area contributed by atoms with Gasteiger partial charge in [-0.05, 0) is 28.3 Å². The fourth-order valence-electron chi connectivity index (χ4n) is 4.24. The minimum atomic E-state index is -2.48.